The van der Waals surface area contributed by atoms with Crippen molar-refractivity contribution in [2.24, 2.45) is 4.99 Å². The maximum Gasteiger partial charge on any atom is 0.291 e. The SMILES string of the molecule is CCCCCCC1=NC(=O)C(Oc2ccccc2)C=C1. The van der Waals surface area contributed by atoms with Gasteiger partial charge in [-0.15, -0.1) is 0 Å². The first-order chi connectivity index (χ1) is 9.79. The highest BCUT2D eigenvalue weighted by Crippen LogP contribution is 2.15. The lowest BCUT2D eigenvalue weighted by Gasteiger charge is -2.16. The van der Waals surface area contributed by atoms with Gasteiger partial charge >= 0.3 is 0 Å². The standard InChI is InChI=1S/C17H21NO2/c1-2-3-4-6-9-14-12-13-16(17(19)18-14)20-15-10-7-5-8-11-15/h5,7-8,10-13,16H,2-4,6,9H2,1H3. The molecule has 1 atom stereocenters. The van der Waals surface area contributed by atoms with Crippen LogP contribution in [0, 0.1) is 0 Å². The van der Waals surface area contributed by atoms with Crippen LogP contribution in [0.15, 0.2) is 47.5 Å². The van der Waals surface area contributed by atoms with Gasteiger partial charge in [-0.25, -0.2) is 4.99 Å². The number of ether oxygens (including phenoxy) is 1. The number of allylic oxidation sites excluding steroid dienone is 1. The number of hydrogen-bond donors (Lipinski definition) is 0. The fourth-order valence-electron chi connectivity index (χ4n) is 2.13. The topological polar surface area (TPSA) is 38.7 Å². The van der Waals surface area contributed by atoms with Crippen molar-refractivity contribution in [1.82, 2.24) is 0 Å². The molecule has 0 aliphatic carbocycles. The molecule has 0 radical (unpaired) electrons. The van der Waals surface area contributed by atoms with Crippen molar-refractivity contribution in [2.45, 2.75) is 45.1 Å². The summed E-state index contributed by atoms with van der Waals surface area (Å²) >= 11 is 0. The zero-order valence-electron chi connectivity index (χ0n) is 11.9. The van der Waals surface area contributed by atoms with Gasteiger partial charge in [0.1, 0.15) is 5.75 Å². The van der Waals surface area contributed by atoms with E-state index in [1.54, 1.807) is 6.08 Å². The van der Waals surface area contributed by atoms with Crippen LogP contribution in [-0.2, 0) is 4.79 Å². The number of amides is 1. The van der Waals surface area contributed by atoms with Crippen LogP contribution in [0.4, 0.5) is 0 Å². The molecular weight excluding hydrogens is 250 g/mol. The zero-order valence-corrected chi connectivity index (χ0v) is 11.9. The molecule has 0 bridgehead atoms. The first-order valence-corrected chi connectivity index (χ1v) is 7.31. The quantitative estimate of drug-likeness (QED) is 0.704. The number of benzene rings is 1. The third-order valence-electron chi connectivity index (χ3n) is 3.25. The summed E-state index contributed by atoms with van der Waals surface area (Å²) in [5, 5.41) is 0. The number of carbonyl (C=O) groups excluding carboxylic acids is 1. The molecule has 1 aromatic rings. The summed E-state index contributed by atoms with van der Waals surface area (Å²) < 4.78 is 5.62. The van der Waals surface area contributed by atoms with Gasteiger partial charge in [0.25, 0.3) is 5.91 Å². The Balaban J connectivity index is 1.84. The van der Waals surface area contributed by atoms with Gasteiger partial charge in [-0.05, 0) is 37.1 Å². The molecule has 3 nitrogen and oxygen atoms in total. The first kappa shape index (κ1) is 14.5. The van der Waals surface area contributed by atoms with E-state index in [-0.39, 0.29) is 5.91 Å². The summed E-state index contributed by atoms with van der Waals surface area (Å²) in [6.07, 6.45) is 8.75. The second-order valence-corrected chi connectivity index (χ2v) is 4.96. The van der Waals surface area contributed by atoms with Crippen molar-refractivity contribution in [1.29, 1.82) is 0 Å². The molecule has 0 fully saturated rings. The number of para-hydroxylation sites is 1. The lowest BCUT2D eigenvalue weighted by atomic mass is 10.1. The van der Waals surface area contributed by atoms with Gasteiger partial charge in [-0.1, -0.05) is 44.4 Å². The average molecular weight is 271 g/mol. The molecule has 1 unspecified atom stereocenters. The van der Waals surface area contributed by atoms with Gasteiger partial charge in [-0.3, -0.25) is 4.79 Å². The fourth-order valence-corrected chi connectivity index (χ4v) is 2.13. The molecule has 106 valence electrons. The normalized spacial score (nSPS) is 17.9. The maximum absolute atomic E-state index is 11.9. The molecular formula is C17H21NO2. The second kappa shape index (κ2) is 7.63. The minimum atomic E-state index is -0.586. The van der Waals surface area contributed by atoms with Crippen LogP contribution in [0.3, 0.4) is 0 Å². The second-order valence-electron chi connectivity index (χ2n) is 4.96. The van der Waals surface area contributed by atoms with Crippen LogP contribution in [0.2, 0.25) is 0 Å². The monoisotopic (exact) mass is 271 g/mol. The predicted molar refractivity (Wildman–Crippen MR) is 81.2 cm³/mol. The Morgan fingerprint density at radius 3 is 2.65 bits per heavy atom. The lowest BCUT2D eigenvalue weighted by molar-refractivity contribution is -0.122. The molecule has 0 aromatic heterocycles. The number of aliphatic imine (C=N–C) groups is 1. The minimum absolute atomic E-state index is 0.207. The molecule has 0 saturated carbocycles. The highest BCUT2D eigenvalue weighted by molar-refractivity contribution is 6.06. The largest absolute Gasteiger partial charge is 0.476 e. The fraction of sp³-hybridized carbons (Fsp3) is 0.412. The number of nitrogens with zero attached hydrogens (tertiary/aromatic N) is 1. The first-order valence-electron chi connectivity index (χ1n) is 7.31. The highest BCUT2D eigenvalue weighted by Gasteiger charge is 2.20. The molecule has 1 aliphatic heterocycles. The van der Waals surface area contributed by atoms with E-state index in [0.717, 1.165) is 18.6 Å². The molecule has 1 amide bonds. The molecule has 2 rings (SSSR count). The van der Waals surface area contributed by atoms with E-state index in [2.05, 4.69) is 11.9 Å². The van der Waals surface area contributed by atoms with Crippen molar-refractivity contribution in [2.75, 3.05) is 0 Å². The van der Waals surface area contributed by atoms with E-state index in [1.807, 2.05) is 36.4 Å². The predicted octanol–water partition coefficient (Wildman–Crippen LogP) is 3.94. The maximum atomic E-state index is 11.9. The number of hydrogen-bond acceptors (Lipinski definition) is 2. The third-order valence-corrected chi connectivity index (χ3v) is 3.25. The van der Waals surface area contributed by atoms with E-state index < -0.39 is 6.10 Å². The van der Waals surface area contributed by atoms with Gasteiger partial charge in [0.15, 0.2) is 6.10 Å². The molecule has 20 heavy (non-hydrogen) atoms. The van der Waals surface area contributed by atoms with E-state index in [1.165, 1.54) is 19.3 Å². The molecule has 0 saturated heterocycles. The molecule has 3 heteroatoms. The summed E-state index contributed by atoms with van der Waals surface area (Å²) in [5.41, 5.74) is 0.874. The number of carbonyl (C=O) groups is 1. The van der Waals surface area contributed by atoms with Gasteiger partial charge in [0.05, 0.1) is 0 Å². The Hall–Kier alpha value is -1.90. The van der Waals surface area contributed by atoms with Crippen molar-refractivity contribution >= 4 is 11.6 Å². The van der Waals surface area contributed by atoms with Crippen LogP contribution in [-0.4, -0.2) is 17.7 Å². The number of dihydropyridines is 1. The van der Waals surface area contributed by atoms with Gasteiger partial charge < -0.3 is 4.74 Å². The van der Waals surface area contributed by atoms with Crippen molar-refractivity contribution in [3.05, 3.63) is 42.5 Å². The Labute approximate surface area is 120 Å². The molecule has 1 heterocycles. The minimum Gasteiger partial charge on any atom is -0.476 e. The summed E-state index contributed by atoms with van der Waals surface area (Å²) in [5.74, 6) is 0.485. The van der Waals surface area contributed by atoms with Crippen LogP contribution >= 0.6 is 0 Å². The third kappa shape index (κ3) is 4.34. The highest BCUT2D eigenvalue weighted by atomic mass is 16.5. The van der Waals surface area contributed by atoms with Crippen molar-refractivity contribution in [3.8, 4) is 5.75 Å². The van der Waals surface area contributed by atoms with E-state index in [9.17, 15) is 4.79 Å². The lowest BCUT2D eigenvalue weighted by Crippen LogP contribution is -2.27. The van der Waals surface area contributed by atoms with Crippen LogP contribution in [0.25, 0.3) is 0 Å². The van der Waals surface area contributed by atoms with Gasteiger partial charge in [-0.2, -0.15) is 0 Å². The van der Waals surface area contributed by atoms with E-state index >= 15 is 0 Å². The van der Waals surface area contributed by atoms with Gasteiger partial charge in [0, 0.05) is 5.71 Å². The van der Waals surface area contributed by atoms with Gasteiger partial charge in [0.2, 0.25) is 0 Å². The Kier molecular flexibility index (Phi) is 5.54. The Bertz CT molecular complexity index is 491. The number of unbranched alkanes of at least 4 members (excludes halogenated alkanes) is 3. The molecule has 1 aliphatic rings. The molecule has 1 aromatic carbocycles. The summed E-state index contributed by atoms with van der Waals surface area (Å²) in [7, 11) is 0. The smallest absolute Gasteiger partial charge is 0.291 e. The Morgan fingerprint density at radius 1 is 1.15 bits per heavy atom. The van der Waals surface area contributed by atoms with Crippen molar-refractivity contribution < 1.29 is 9.53 Å². The van der Waals surface area contributed by atoms with E-state index in [0.29, 0.717) is 5.75 Å². The summed E-state index contributed by atoms with van der Waals surface area (Å²) in [4.78, 5) is 16.1. The molecule has 0 N–H and O–H groups in total. The Morgan fingerprint density at radius 2 is 1.95 bits per heavy atom. The summed E-state index contributed by atoms with van der Waals surface area (Å²) in [6, 6.07) is 9.36. The van der Waals surface area contributed by atoms with Crippen LogP contribution in [0.5, 0.6) is 5.75 Å². The average Bonchev–Trinajstić information content (AvgIpc) is 2.47. The number of rotatable bonds is 7. The van der Waals surface area contributed by atoms with Crippen molar-refractivity contribution in [3.63, 3.8) is 0 Å². The van der Waals surface area contributed by atoms with Crippen LogP contribution in [0.1, 0.15) is 39.0 Å². The molecule has 0 spiro atoms. The summed E-state index contributed by atoms with van der Waals surface area (Å²) in [6.45, 7) is 2.19. The zero-order chi connectivity index (χ0) is 14.2. The van der Waals surface area contributed by atoms with E-state index in [4.69, 9.17) is 4.74 Å². The van der Waals surface area contributed by atoms with Crippen LogP contribution < -0.4 is 4.74 Å².